The molecule has 3 aromatic rings. The van der Waals surface area contributed by atoms with Gasteiger partial charge in [0.05, 0.1) is 30.5 Å². The van der Waals surface area contributed by atoms with Crippen molar-refractivity contribution < 1.29 is 19.3 Å². The molecule has 0 bridgehead atoms. The molecule has 1 aromatic carbocycles. The Morgan fingerprint density at radius 2 is 2.19 bits per heavy atom. The van der Waals surface area contributed by atoms with Crippen molar-refractivity contribution in [1.29, 1.82) is 0 Å². The second-order valence-corrected chi connectivity index (χ2v) is 8.62. The van der Waals surface area contributed by atoms with Crippen LogP contribution in [-0.4, -0.2) is 63.6 Å². The summed E-state index contributed by atoms with van der Waals surface area (Å²) in [6.07, 6.45) is 7.12. The fraction of sp³-hybridized carbons (Fsp3) is 0.522. The fourth-order valence-corrected chi connectivity index (χ4v) is 4.07. The third-order valence-electron chi connectivity index (χ3n) is 5.23. The molecule has 1 aliphatic heterocycles. The molecular formula is C23H30N4O4S. The molecule has 1 fully saturated rings. The Balaban J connectivity index is 1.59. The van der Waals surface area contributed by atoms with Crippen LogP contribution in [0.5, 0.6) is 5.75 Å². The van der Waals surface area contributed by atoms with Gasteiger partial charge in [0.1, 0.15) is 11.4 Å². The minimum atomic E-state index is -0.449. The number of fused-ring (bicyclic) bond motifs is 1. The molecule has 2 atom stereocenters. The Bertz CT molecular complexity index is 1020. The van der Waals surface area contributed by atoms with Gasteiger partial charge in [0.15, 0.2) is 11.4 Å². The van der Waals surface area contributed by atoms with Gasteiger partial charge in [0.25, 0.3) is 0 Å². The van der Waals surface area contributed by atoms with E-state index in [1.165, 1.54) is 11.8 Å². The van der Waals surface area contributed by atoms with Gasteiger partial charge in [-0.25, -0.2) is 14.6 Å². The Morgan fingerprint density at radius 1 is 1.28 bits per heavy atom. The molecule has 1 saturated heterocycles. The maximum absolute atomic E-state index is 9.25. The highest BCUT2D eigenvalue weighted by molar-refractivity contribution is 7.98. The van der Waals surface area contributed by atoms with Crippen molar-refractivity contribution in [2.45, 2.75) is 50.1 Å². The van der Waals surface area contributed by atoms with Gasteiger partial charge in [-0.15, -0.1) is 0 Å². The SMILES string of the molecule is CSc1nccc(-c2nn(C3CCCCO3)c3ccc(OCCCOCC(C)O)cc23)n1. The van der Waals surface area contributed by atoms with E-state index in [0.29, 0.717) is 25.0 Å². The minimum absolute atomic E-state index is 0.0697. The highest BCUT2D eigenvalue weighted by atomic mass is 32.2. The quantitative estimate of drug-likeness (QED) is 0.276. The van der Waals surface area contributed by atoms with E-state index >= 15 is 0 Å². The van der Waals surface area contributed by atoms with E-state index in [9.17, 15) is 5.11 Å². The summed E-state index contributed by atoms with van der Waals surface area (Å²) in [5.41, 5.74) is 2.59. The predicted molar refractivity (Wildman–Crippen MR) is 124 cm³/mol. The van der Waals surface area contributed by atoms with Gasteiger partial charge < -0.3 is 19.3 Å². The lowest BCUT2D eigenvalue weighted by atomic mass is 10.1. The van der Waals surface area contributed by atoms with E-state index < -0.39 is 6.10 Å². The lowest BCUT2D eigenvalue weighted by Crippen LogP contribution is -2.19. The van der Waals surface area contributed by atoms with Gasteiger partial charge in [-0.3, -0.25) is 0 Å². The molecule has 1 N–H and O–H groups in total. The molecule has 2 unspecified atom stereocenters. The smallest absolute Gasteiger partial charge is 0.187 e. The van der Waals surface area contributed by atoms with Gasteiger partial charge in [0, 0.05) is 31.2 Å². The third kappa shape index (κ3) is 5.58. The number of aliphatic hydroxyl groups excluding tert-OH is 1. The average Bonchev–Trinajstić information content (AvgIpc) is 3.20. The van der Waals surface area contributed by atoms with Crippen molar-refractivity contribution in [3.05, 3.63) is 30.5 Å². The average molecular weight is 459 g/mol. The molecule has 0 saturated carbocycles. The van der Waals surface area contributed by atoms with Gasteiger partial charge in [0.2, 0.25) is 0 Å². The van der Waals surface area contributed by atoms with Gasteiger partial charge in [-0.05, 0) is 56.7 Å². The summed E-state index contributed by atoms with van der Waals surface area (Å²) in [4.78, 5) is 8.96. The van der Waals surface area contributed by atoms with E-state index in [4.69, 9.17) is 19.3 Å². The second-order valence-electron chi connectivity index (χ2n) is 7.85. The van der Waals surface area contributed by atoms with Gasteiger partial charge >= 0.3 is 0 Å². The first-order chi connectivity index (χ1) is 15.7. The van der Waals surface area contributed by atoms with E-state index in [1.807, 2.05) is 35.2 Å². The fourth-order valence-electron chi connectivity index (χ4n) is 3.71. The molecule has 3 heterocycles. The summed E-state index contributed by atoms with van der Waals surface area (Å²) >= 11 is 1.51. The third-order valence-corrected chi connectivity index (χ3v) is 5.79. The normalized spacial score (nSPS) is 17.5. The van der Waals surface area contributed by atoms with E-state index in [1.54, 1.807) is 13.1 Å². The van der Waals surface area contributed by atoms with Crippen molar-refractivity contribution >= 4 is 22.7 Å². The summed E-state index contributed by atoms with van der Waals surface area (Å²) in [7, 11) is 0. The molecule has 2 aromatic heterocycles. The number of rotatable bonds is 10. The first kappa shape index (κ1) is 23.0. The largest absolute Gasteiger partial charge is 0.493 e. The molecular weight excluding hydrogens is 428 g/mol. The number of nitrogens with zero attached hydrogens (tertiary/aromatic N) is 4. The first-order valence-electron chi connectivity index (χ1n) is 11.1. The van der Waals surface area contributed by atoms with Crippen LogP contribution in [0.2, 0.25) is 0 Å². The van der Waals surface area contributed by atoms with Crippen molar-refractivity contribution in [3.8, 4) is 17.1 Å². The number of hydrogen-bond donors (Lipinski definition) is 1. The van der Waals surface area contributed by atoms with Gasteiger partial charge in [-0.1, -0.05) is 11.8 Å². The maximum atomic E-state index is 9.25. The summed E-state index contributed by atoms with van der Waals surface area (Å²) < 4.78 is 19.4. The second kappa shape index (κ2) is 11.1. The highest BCUT2D eigenvalue weighted by Gasteiger charge is 2.22. The summed E-state index contributed by atoms with van der Waals surface area (Å²) in [6, 6.07) is 7.92. The van der Waals surface area contributed by atoms with Gasteiger partial charge in [-0.2, -0.15) is 5.10 Å². The molecule has 0 spiro atoms. The van der Waals surface area contributed by atoms with Crippen LogP contribution in [-0.2, 0) is 9.47 Å². The molecule has 0 amide bonds. The molecule has 4 rings (SSSR count). The molecule has 172 valence electrons. The standard InChI is InChI=1S/C23H30N4O4S/c1-16(28)15-29-11-5-13-30-17-7-8-20-18(14-17)22(19-9-10-24-23(25-19)32-2)26-27(20)21-6-3-4-12-31-21/h7-10,14,16,21,28H,3-6,11-13,15H2,1-2H3. The summed E-state index contributed by atoms with van der Waals surface area (Å²) in [6.45, 7) is 3.89. The summed E-state index contributed by atoms with van der Waals surface area (Å²) in [5.74, 6) is 0.775. The zero-order valence-corrected chi connectivity index (χ0v) is 19.4. The maximum Gasteiger partial charge on any atom is 0.187 e. The predicted octanol–water partition coefficient (Wildman–Crippen LogP) is 4.08. The number of thioether (sulfide) groups is 1. The van der Waals surface area contributed by atoms with Crippen LogP contribution in [0, 0.1) is 0 Å². The lowest BCUT2D eigenvalue weighted by Gasteiger charge is -2.23. The number of ether oxygens (including phenoxy) is 3. The van der Waals surface area contributed by atoms with E-state index in [0.717, 1.165) is 60.3 Å². The van der Waals surface area contributed by atoms with Crippen LogP contribution in [0.3, 0.4) is 0 Å². The van der Waals surface area contributed by atoms with Crippen LogP contribution >= 0.6 is 11.8 Å². The molecule has 32 heavy (non-hydrogen) atoms. The Kier molecular flexibility index (Phi) is 7.96. The van der Waals surface area contributed by atoms with Crippen LogP contribution in [0.1, 0.15) is 38.8 Å². The summed E-state index contributed by atoms with van der Waals surface area (Å²) in [5, 5.41) is 15.9. The highest BCUT2D eigenvalue weighted by Crippen LogP contribution is 2.34. The van der Waals surface area contributed by atoms with Crippen LogP contribution < -0.4 is 4.74 Å². The van der Waals surface area contributed by atoms with Crippen LogP contribution in [0.25, 0.3) is 22.3 Å². The topological polar surface area (TPSA) is 91.5 Å². The Labute approximate surface area is 192 Å². The minimum Gasteiger partial charge on any atom is -0.493 e. The van der Waals surface area contributed by atoms with Crippen LogP contribution in [0.4, 0.5) is 0 Å². The zero-order chi connectivity index (χ0) is 22.3. The number of aliphatic hydroxyl groups is 1. The van der Waals surface area contributed by atoms with Crippen molar-refractivity contribution in [2.24, 2.45) is 0 Å². The number of benzene rings is 1. The lowest BCUT2D eigenvalue weighted by molar-refractivity contribution is -0.0365. The number of hydrogen-bond acceptors (Lipinski definition) is 8. The Morgan fingerprint density at radius 3 is 2.97 bits per heavy atom. The monoisotopic (exact) mass is 458 g/mol. The van der Waals surface area contributed by atoms with Crippen molar-refractivity contribution in [3.63, 3.8) is 0 Å². The molecule has 1 aliphatic rings. The first-order valence-corrected chi connectivity index (χ1v) is 12.3. The van der Waals surface area contributed by atoms with Crippen molar-refractivity contribution in [2.75, 3.05) is 32.7 Å². The zero-order valence-electron chi connectivity index (χ0n) is 18.6. The number of aromatic nitrogens is 4. The molecule has 0 aliphatic carbocycles. The molecule has 8 nitrogen and oxygen atoms in total. The molecule has 9 heteroatoms. The van der Waals surface area contributed by atoms with Crippen molar-refractivity contribution in [1.82, 2.24) is 19.7 Å². The Hall–Kier alpha value is -2.20. The van der Waals surface area contributed by atoms with Crippen LogP contribution in [0.15, 0.2) is 35.6 Å². The van der Waals surface area contributed by atoms with E-state index in [-0.39, 0.29) is 6.23 Å². The van der Waals surface area contributed by atoms with E-state index in [2.05, 4.69) is 9.97 Å². The molecule has 0 radical (unpaired) electrons.